The SMILES string of the molecule is NS(=O)(=O)CCNC(=O)c1ccc2cncnc2n1. The molecule has 0 atom stereocenters. The van der Waals surface area contributed by atoms with E-state index in [-0.39, 0.29) is 18.0 Å². The minimum atomic E-state index is -3.59. The number of fused-ring (bicyclic) bond motifs is 1. The van der Waals surface area contributed by atoms with E-state index in [2.05, 4.69) is 20.3 Å². The number of rotatable bonds is 4. The predicted octanol–water partition coefficient (Wildman–Crippen LogP) is -0.957. The average Bonchev–Trinajstić information content (AvgIpc) is 2.36. The van der Waals surface area contributed by atoms with Crippen LogP contribution in [0.15, 0.2) is 24.7 Å². The number of carbonyl (C=O) groups excluding carboxylic acids is 1. The van der Waals surface area contributed by atoms with Gasteiger partial charge < -0.3 is 5.32 Å². The molecule has 0 aromatic carbocycles. The highest BCUT2D eigenvalue weighted by Crippen LogP contribution is 2.07. The van der Waals surface area contributed by atoms with Crippen LogP contribution in [0.3, 0.4) is 0 Å². The number of sulfonamides is 1. The number of carbonyl (C=O) groups is 1. The Hall–Kier alpha value is -2.13. The Morgan fingerprint density at radius 2 is 2.16 bits per heavy atom. The average molecular weight is 281 g/mol. The molecule has 0 saturated carbocycles. The van der Waals surface area contributed by atoms with Gasteiger partial charge >= 0.3 is 0 Å². The molecular formula is C10H11N5O3S. The monoisotopic (exact) mass is 281 g/mol. The Kier molecular flexibility index (Phi) is 3.67. The van der Waals surface area contributed by atoms with Gasteiger partial charge in [-0.05, 0) is 12.1 Å². The van der Waals surface area contributed by atoms with Gasteiger partial charge in [-0.25, -0.2) is 28.5 Å². The molecule has 2 rings (SSSR count). The Morgan fingerprint density at radius 1 is 1.37 bits per heavy atom. The number of aromatic nitrogens is 3. The summed E-state index contributed by atoms with van der Waals surface area (Å²) in [4.78, 5) is 23.5. The quantitative estimate of drug-likeness (QED) is 0.743. The van der Waals surface area contributed by atoms with Crippen molar-refractivity contribution in [2.45, 2.75) is 0 Å². The van der Waals surface area contributed by atoms with Gasteiger partial charge in [-0.1, -0.05) is 0 Å². The summed E-state index contributed by atoms with van der Waals surface area (Å²) in [5.41, 5.74) is 0.551. The van der Waals surface area contributed by atoms with E-state index in [1.54, 1.807) is 12.3 Å². The largest absolute Gasteiger partial charge is 0.350 e. The summed E-state index contributed by atoms with van der Waals surface area (Å²) in [6.07, 6.45) is 2.91. The number of nitrogens with zero attached hydrogens (tertiary/aromatic N) is 3. The lowest BCUT2D eigenvalue weighted by molar-refractivity contribution is 0.0951. The fraction of sp³-hybridized carbons (Fsp3) is 0.200. The molecule has 0 radical (unpaired) electrons. The zero-order valence-electron chi connectivity index (χ0n) is 9.78. The second-order valence-electron chi connectivity index (χ2n) is 3.75. The molecule has 0 fully saturated rings. The second-order valence-corrected chi connectivity index (χ2v) is 5.49. The molecule has 2 aromatic rings. The minimum absolute atomic E-state index is 0.0683. The van der Waals surface area contributed by atoms with Crippen molar-refractivity contribution in [2.24, 2.45) is 5.14 Å². The lowest BCUT2D eigenvalue weighted by atomic mass is 10.3. The first kappa shape index (κ1) is 13.3. The Balaban J connectivity index is 2.09. The Labute approximate surface area is 109 Å². The van der Waals surface area contributed by atoms with Gasteiger partial charge in [-0.3, -0.25) is 4.79 Å². The summed E-state index contributed by atoms with van der Waals surface area (Å²) >= 11 is 0. The van der Waals surface area contributed by atoms with Crippen molar-refractivity contribution in [1.29, 1.82) is 0 Å². The standard InChI is InChI=1S/C10H11N5O3S/c11-19(17,18)4-3-13-10(16)8-2-1-7-5-12-6-14-9(7)15-8/h1-2,5-6H,3-4H2,(H,13,16)(H2,11,17,18). The van der Waals surface area contributed by atoms with Crippen LogP contribution in [0.4, 0.5) is 0 Å². The molecule has 0 unspecified atom stereocenters. The number of pyridine rings is 1. The molecule has 0 bridgehead atoms. The summed E-state index contributed by atoms with van der Waals surface area (Å²) in [5, 5.41) is 7.95. The molecule has 0 aliphatic carbocycles. The summed E-state index contributed by atoms with van der Waals surface area (Å²) in [6.45, 7) is -0.0683. The van der Waals surface area contributed by atoms with Gasteiger partial charge in [0.05, 0.1) is 5.75 Å². The summed E-state index contributed by atoms with van der Waals surface area (Å²) in [6, 6.07) is 3.18. The molecule has 3 N–H and O–H groups in total. The number of primary sulfonamides is 1. The van der Waals surface area contributed by atoms with Crippen LogP contribution in [0.1, 0.15) is 10.5 Å². The van der Waals surface area contributed by atoms with Crippen molar-refractivity contribution in [2.75, 3.05) is 12.3 Å². The van der Waals surface area contributed by atoms with Crippen LogP contribution in [0.25, 0.3) is 11.0 Å². The van der Waals surface area contributed by atoms with Crippen molar-refractivity contribution in [1.82, 2.24) is 20.3 Å². The van der Waals surface area contributed by atoms with Gasteiger partial charge in [-0.2, -0.15) is 0 Å². The van der Waals surface area contributed by atoms with Gasteiger partial charge in [0.25, 0.3) is 5.91 Å². The number of nitrogens with two attached hydrogens (primary N) is 1. The topological polar surface area (TPSA) is 128 Å². The van der Waals surface area contributed by atoms with E-state index in [0.29, 0.717) is 11.0 Å². The zero-order chi connectivity index (χ0) is 13.9. The van der Waals surface area contributed by atoms with Gasteiger partial charge in [0.2, 0.25) is 10.0 Å². The van der Waals surface area contributed by atoms with E-state index in [1.165, 1.54) is 12.4 Å². The van der Waals surface area contributed by atoms with Crippen LogP contribution in [-0.4, -0.2) is 41.6 Å². The number of nitrogens with one attached hydrogen (secondary N) is 1. The van der Waals surface area contributed by atoms with Gasteiger partial charge in [0.1, 0.15) is 12.0 Å². The van der Waals surface area contributed by atoms with Crippen molar-refractivity contribution in [3.05, 3.63) is 30.4 Å². The van der Waals surface area contributed by atoms with E-state index in [4.69, 9.17) is 5.14 Å². The summed E-state index contributed by atoms with van der Waals surface area (Å²) in [5.74, 6) is -0.807. The highest BCUT2D eigenvalue weighted by molar-refractivity contribution is 7.89. The fourth-order valence-corrected chi connectivity index (χ4v) is 1.78. The van der Waals surface area contributed by atoms with E-state index in [0.717, 1.165) is 0 Å². The Morgan fingerprint density at radius 3 is 2.89 bits per heavy atom. The smallest absolute Gasteiger partial charge is 0.270 e. The van der Waals surface area contributed by atoms with Crippen LogP contribution >= 0.6 is 0 Å². The molecule has 2 aromatic heterocycles. The van der Waals surface area contributed by atoms with Crippen LogP contribution in [0.2, 0.25) is 0 Å². The molecule has 19 heavy (non-hydrogen) atoms. The van der Waals surface area contributed by atoms with Crippen molar-refractivity contribution in [3.8, 4) is 0 Å². The van der Waals surface area contributed by atoms with Crippen LogP contribution < -0.4 is 10.5 Å². The van der Waals surface area contributed by atoms with Crippen molar-refractivity contribution >= 4 is 27.0 Å². The maximum atomic E-state index is 11.7. The molecule has 0 saturated heterocycles. The van der Waals surface area contributed by atoms with Crippen molar-refractivity contribution < 1.29 is 13.2 Å². The third kappa shape index (κ3) is 3.66. The predicted molar refractivity (Wildman–Crippen MR) is 67.6 cm³/mol. The number of hydrogen-bond donors (Lipinski definition) is 2. The molecule has 2 heterocycles. The second kappa shape index (κ2) is 5.24. The normalized spacial score (nSPS) is 11.4. The molecule has 0 aliphatic heterocycles. The van der Waals surface area contributed by atoms with E-state index in [9.17, 15) is 13.2 Å². The van der Waals surface area contributed by atoms with E-state index in [1.807, 2.05) is 0 Å². The highest BCUT2D eigenvalue weighted by Gasteiger charge is 2.09. The zero-order valence-corrected chi connectivity index (χ0v) is 10.6. The van der Waals surface area contributed by atoms with Crippen molar-refractivity contribution in [3.63, 3.8) is 0 Å². The molecule has 9 heteroatoms. The summed E-state index contributed by atoms with van der Waals surface area (Å²) in [7, 11) is -3.59. The highest BCUT2D eigenvalue weighted by atomic mass is 32.2. The summed E-state index contributed by atoms with van der Waals surface area (Å²) < 4.78 is 21.4. The third-order valence-corrected chi connectivity index (χ3v) is 3.04. The number of hydrogen-bond acceptors (Lipinski definition) is 6. The fourth-order valence-electron chi connectivity index (χ4n) is 1.39. The lowest BCUT2D eigenvalue weighted by Gasteiger charge is -2.04. The van der Waals surface area contributed by atoms with Crippen LogP contribution in [0, 0.1) is 0 Å². The van der Waals surface area contributed by atoms with Crippen LogP contribution in [0.5, 0.6) is 0 Å². The number of amides is 1. The van der Waals surface area contributed by atoms with Gasteiger partial charge in [0, 0.05) is 18.1 Å². The molecule has 0 aliphatic rings. The molecule has 100 valence electrons. The van der Waals surface area contributed by atoms with E-state index >= 15 is 0 Å². The van der Waals surface area contributed by atoms with Crippen LogP contribution in [-0.2, 0) is 10.0 Å². The molecular weight excluding hydrogens is 270 g/mol. The van der Waals surface area contributed by atoms with Gasteiger partial charge in [0.15, 0.2) is 5.65 Å². The van der Waals surface area contributed by atoms with E-state index < -0.39 is 15.9 Å². The molecule has 8 nitrogen and oxygen atoms in total. The molecule has 0 spiro atoms. The third-order valence-electron chi connectivity index (χ3n) is 2.27. The molecule has 1 amide bonds. The minimum Gasteiger partial charge on any atom is -0.350 e. The maximum Gasteiger partial charge on any atom is 0.270 e. The first-order chi connectivity index (χ1) is 8.96. The van der Waals surface area contributed by atoms with Gasteiger partial charge in [-0.15, -0.1) is 0 Å². The Bertz CT molecular complexity index is 716. The maximum absolute atomic E-state index is 11.7. The lowest BCUT2D eigenvalue weighted by Crippen LogP contribution is -2.31. The first-order valence-electron chi connectivity index (χ1n) is 5.31. The first-order valence-corrected chi connectivity index (χ1v) is 7.03.